The van der Waals surface area contributed by atoms with Crippen molar-refractivity contribution < 1.29 is 9.90 Å². The van der Waals surface area contributed by atoms with E-state index in [4.69, 9.17) is 5.26 Å². The topological polar surface area (TPSA) is 85.2 Å². The van der Waals surface area contributed by atoms with Crippen LogP contribution < -0.4 is 10.6 Å². The monoisotopic (exact) mass is 299 g/mol. The molecule has 0 atom stereocenters. The van der Waals surface area contributed by atoms with Gasteiger partial charge in [-0.15, -0.1) is 0 Å². The number of rotatable bonds is 4. The van der Waals surface area contributed by atoms with Crippen molar-refractivity contribution in [2.24, 2.45) is 0 Å². The van der Waals surface area contributed by atoms with Gasteiger partial charge in [-0.05, 0) is 37.5 Å². The third-order valence-electron chi connectivity index (χ3n) is 3.83. The van der Waals surface area contributed by atoms with Crippen LogP contribution in [0.5, 0.6) is 5.75 Å². The molecule has 0 saturated heterocycles. The number of anilines is 1. The van der Waals surface area contributed by atoms with Crippen molar-refractivity contribution in [2.45, 2.75) is 45.1 Å². The quantitative estimate of drug-likeness (QED) is 0.453. The molecule has 5 nitrogen and oxygen atoms in total. The maximum atomic E-state index is 12.1. The number of hydrogen-bond acceptors (Lipinski definition) is 4. The van der Waals surface area contributed by atoms with Crippen LogP contribution in [-0.2, 0) is 4.79 Å². The van der Waals surface area contributed by atoms with Crippen molar-refractivity contribution in [3.8, 4) is 11.8 Å². The predicted octanol–water partition coefficient (Wildman–Crippen LogP) is 2.97. The van der Waals surface area contributed by atoms with Gasteiger partial charge in [0.05, 0.1) is 5.69 Å². The highest BCUT2D eigenvalue weighted by Gasteiger charge is 2.18. The summed E-state index contributed by atoms with van der Waals surface area (Å²) in [6.07, 6.45) is 6.72. The number of benzene rings is 1. The largest absolute Gasteiger partial charge is 0.506 e. The number of phenolic OH excluding ortho intramolecular Hbond substituents is 1. The number of amides is 1. The molecule has 0 bridgehead atoms. The molecule has 1 amide bonds. The summed E-state index contributed by atoms with van der Waals surface area (Å²) in [5, 5.41) is 24.6. The summed E-state index contributed by atoms with van der Waals surface area (Å²) < 4.78 is 0. The van der Waals surface area contributed by atoms with Gasteiger partial charge in [-0.2, -0.15) is 5.26 Å². The van der Waals surface area contributed by atoms with Crippen LogP contribution in [-0.4, -0.2) is 17.1 Å². The van der Waals surface area contributed by atoms with Crippen molar-refractivity contribution in [2.75, 3.05) is 5.32 Å². The second-order valence-corrected chi connectivity index (χ2v) is 5.64. The lowest BCUT2D eigenvalue weighted by Gasteiger charge is -2.22. The Balaban J connectivity index is 2.00. The third kappa shape index (κ3) is 4.26. The van der Waals surface area contributed by atoms with Crippen LogP contribution in [0.3, 0.4) is 0 Å². The van der Waals surface area contributed by atoms with Gasteiger partial charge in [0.2, 0.25) is 0 Å². The summed E-state index contributed by atoms with van der Waals surface area (Å²) >= 11 is 0. The minimum atomic E-state index is -0.367. The summed E-state index contributed by atoms with van der Waals surface area (Å²) in [5.74, 6) is -0.283. The Bertz CT molecular complexity index is 611. The average molecular weight is 299 g/mol. The lowest BCUT2D eigenvalue weighted by molar-refractivity contribution is -0.118. The fourth-order valence-corrected chi connectivity index (χ4v) is 2.57. The Hall–Kier alpha value is -2.48. The molecule has 2 rings (SSSR count). The molecule has 3 N–H and O–H groups in total. The number of nitrogens with one attached hydrogen (secondary N) is 2. The van der Waals surface area contributed by atoms with E-state index in [1.807, 2.05) is 19.1 Å². The maximum absolute atomic E-state index is 12.1. The van der Waals surface area contributed by atoms with Gasteiger partial charge >= 0.3 is 0 Å². The molecule has 22 heavy (non-hydrogen) atoms. The molecule has 0 heterocycles. The Morgan fingerprint density at radius 3 is 2.73 bits per heavy atom. The predicted molar refractivity (Wildman–Crippen MR) is 85.2 cm³/mol. The van der Waals surface area contributed by atoms with Crippen LogP contribution in [0.15, 0.2) is 30.0 Å². The number of hydrogen-bond donors (Lipinski definition) is 3. The first-order valence-corrected chi connectivity index (χ1v) is 7.57. The molecule has 1 aliphatic carbocycles. The maximum Gasteiger partial charge on any atom is 0.263 e. The van der Waals surface area contributed by atoms with Gasteiger partial charge in [0, 0.05) is 12.2 Å². The van der Waals surface area contributed by atoms with Gasteiger partial charge in [-0.1, -0.05) is 25.3 Å². The van der Waals surface area contributed by atoms with Crippen LogP contribution >= 0.6 is 0 Å². The van der Waals surface area contributed by atoms with E-state index >= 15 is 0 Å². The van der Waals surface area contributed by atoms with E-state index < -0.39 is 0 Å². The Labute approximate surface area is 130 Å². The highest BCUT2D eigenvalue weighted by atomic mass is 16.3. The Kier molecular flexibility index (Phi) is 5.42. The first kappa shape index (κ1) is 15.9. The van der Waals surface area contributed by atoms with Gasteiger partial charge in [-0.25, -0.2) is 0 Å². The molecule has 1 aromatic rings. The molecule has 0 aromatic heterocycles. The van der Waals surface area contributed by atoms with Crippen LogP contribution in [0.25, 0.3) is 0 Å². The van der Waals surface area contributed by atoms with Crippen LogP contribution in [0.2, 0.25) is 0 Å². The molecular weight excluding hydrogens is 278 g/mol. The Morgan fingerprint density at radius 1 is 1.36 bits per heavy atom. The van der Waals surface area contributed by atoms with Crippen molar-refractivity contribution >= 4 is 11.6 Å². The van der Waals surface area contributed by atoms with E-state index in [1.165, 1.54) is 12.6 Å². The molecule has 1 saturated carbocycles. The van der Waals surface area contributed by atoms with Gasteiger partial charge in [0.25, 0.3) is 5.91 Å². The fraction of sp³-hybridized carbons (Fsp3) is 0.412. The van der Waals surface area contributed by atoms with E-state index in [-0.39, 0.29) is 23.3 Å². The second kappa shape index (κ2) is 7.51. The van der Waals surface area contributed by atoms with E-state index in [1.54, 1.807) is 12.1 Å². The number of carbonyl (C=O) groups is 1. The molecule has 0 spiro atoms. The average Bonchev–Trinajstić information content (AvgIpc) is 2.50. The molecule has 1 fully saturated rings. The number of nitrogens with zero attached hydrogens (tertiary/aromatic N) is 1. The van der Waals surface area contributed by atoms with Crippen LogP contribution in [0, 0.1) is 18.3 Å². The van der Waals surface area contributed by atoms with Gasteiger partial charge < -0.3 is 15.7 Å². The highest BCUT2D eigenvalue weighted by molar-refractivity contribution is 5.97. The number of aromatic hydroxyl groups is 1. The molecule has 116 valence electrons. The molecular formula is C17H21N3O2. The van der Waals surface area contributed by atoms with Crippen molar-refractivity contribution in [1.29, 1.82) is 5.26 Å². The second-order valence-electron chi connectivity index (χ2n) is 5.64. The normalized spacial score (nSPS) is 15.9. The Morgan fingerprint density at radius 2 is 2.09 bits per heavy atom. The minimum Gasteiger partial charge on any atom is -0.506 e. The lowest BCUT2D eigenvalue weighted by atomic mass is 9.95. The standard InChI is InChI=1S/C17H21N3O2/c1-12-7-8-15(16(21)9-12)19-11-13(10-18)17(22)20-14-5-3-2-4-6-14/h7-9,11,14,19,21H,2-6H2,1H3,(H,20,22)/b13-11-. The fourth-order valence-electron chi connectivity index (χ4n) is 2.57. The van der Waals surface area contributed by atoms with Crippen molar-refractivity contribution in [3.63, 3.8) is 0 Å². The molecule has 0 aliphatic heterocycles. The van der Waals surface area contributed by atoms with E-state index in [9.17, 15) is 9.90 Å². The smallest absolute Gasteiger partial charge is 0.263 e. The highest BCUT2D eigenvalue weighted by Crippen LogP contribution is 2.24. The first-order chi connectivity index (χ1) is 10.6. The van der Waals surface area contributed by atoms with Crippen LogP contribution in [0.4, 0.5) is 5.69 Å². The van der Waals surface area contributed by atoms with Gasteiger partial charge in [0.15, 0.2) is 0 Å². The van der Waals surface area contributed by atoms with Gasteiger partial charge in [0.1, 0.15) is 17.4 Å². The lowest BCUT2D eigenvalue weighted by Crippen LogP contribution is -2.37. The summed E-state index contributed by atoms with van der Waals surface area (Å²) in [7, 11) is 0. The van der Waals surface area contributed by atoms with E-state index in [0.717, 1.165) is 31.2 Å². The number of phenols is 1. The zero-order valence-electron chi connectivity index (χ0n) is 12.7. The summed E-state index contributed by atoms with van der Waals surface area (Å²) in [6.45, 7) is 1.87. The number of carbonyl (C=O) groups excluding carboxylic acids is 1. The zero-order valence-corrected chi connectivity index (χ0v) is 12.7. The molecule has 1 aliphatic rings. The SMILES string of the molecule is Cc1ccc(N/C=C(/C#N)C(=O)NC2CCCCC2)c(O)c1. The summed E-state index contributed by atoms with van der Waals surface area (Å²) in [6, 6.07) is 7.21. The van der Waals surface area contributed by atoms with E-state index in [2.05, 4.69) is 10.6 Å². The summed E-state index contributed by atoms with van der Waals surface area (Å²) in [5.41, 5.74) is 1.40. The zero-order chi connectivity index (χ0) is 15.9. The number of aryl methyl sites for hydroxylation is 1. The molecule has 0 radical (unpaired) electrons. The van der Waals surface area contributed by atoms with Crippen molar-refractivity contribution in [1.82, 2.24) is 5.32 Å². The third-order valence-corrected chi connectivity index (χ3v) is 3.83. The minimum absolute atomic E-state index is 0.00514. The van der Waals surface area contributed by atoms with Crippen LogP contribution in [0.1, 0.15) is 37.7 Å². The summed E-state index contributed by atoms with van der Waals surface area (Å²) in [4.78, 5) is 12.1. The van der Waals surface area contributed by atoms with E-state index in [0.29, 0.717) is 5.69 Å². The molecule has 1 aromatic carbocycles. The first-order valence-electron chi connectivity index (χ1n) is 7.57. The molecule has 5 heteroatoms. The number of nitriles is 1. The van der Waals surface area contributed by atoms with Crippen molar-refractivity contribution in [3.05, 3.63) is 35.5 Å². The van der Waals surface area contributed by atoms with Gasteiger partial charge in [-0.3, -0.25) is 4.79 Å². The molecule has 0 unspecified atom stereocenters.